The number of halogens is 1. The van der Waals surface area contributed by atoms with Crippen molar-refractivity contribution in [2.45, 2.75) is 6.54 Å². The molecule has 7 heteroatoms. The summed E-state index contributed by atoms with van der Waals surface area (Å²) >= 11 is 5.86. The van der Waals surface area contributed by atoms with Crippen LogP contribution in [0.3, 0.4) is 0 Å². The first-order valence-corrected chi connectivity index (χ1v) is 8.36. The maximum absolute atomic E-state index is 12.4. The molecular weight excluding hydrogens is 350 g/mol. The number of amides is 2. The molecule has 0 radical (unpaired) electrons. The Morgan fingerprint density at radius 1 is 1.15 bits per heavy atom. The average Bonchev–Trinajstić information content (AvgIpc) is 2.80. The molecule has 0 unspecified atom stereocenters. The zero-order chi connectivity index (χ0) is 17.9. The van der Waals surface area contributed by atoms with Gasteiger partial charge in [-0.25, -0.2) is 9.79 Å². The van der Waals surface area contributed by atoms with E-state index in [1.807, 2.05) is 41.4 Å². The number of guanidine groups is 1. The van der Waals surface area contributed by atoms with E-state index in [2.05, 4.69) is 20.3 Å². The minimum absolute atomic E-state index is 0.331. The summed E-state index contributed by atoms with van der Waals surface area (Å²) in [5.74, 6) is 0.832. The Kier molecular flexibility index (Phi) is 4.33. The van der Waals surface area contributed by atoms with Gasteiger partial charge in [-0.05, 0) is 35.9 Å². The first-order chi connectivity index (χ1) is 12.7. The van der Waals surface area contributed by atoms with E-state index in [9.17, 15) is 4.79 Å². The van der Waals surface area contributed by atoms with Crippen LogP contribution in [0.25, 0.3) is 0 Å². The molecule has 0 saturated carbocycles. The molecule has 0 saturated heterocycles. The maximum atomic E-state index is 12.4. The topological polar surface area (TPSA) is 69.4 Å². The highest BCUT2D eigenvalue weighted by Gasteiger charge is 2.21. The highest BCUT2D eigenvalue weighted by Crippen LogP contribution is 2.20. The number of nitrogens with zero attached hydrogens (tertiary/aromatic N) is 4. The van der Waals surface area contributed by atoms with Gasteiger partial charge in [0.1, 0.15) is 0 Å². The van der Waals surface area contributed by atoms with E-state index >= 15 is 0 Å². The molecule has 2 aromatic rings. The van der Waals surface area contributed by atoms with Gasteiger partial charge in [-0.1, -0.05) is 35.9 Å². The largest absolute Gasteiger partial charge is 0.347 e. The van der Waals surface area contributed by atoms with Crippen LogP contribution in [-0.2, 0) is 6.54 Å². The van der Waals surface area contributed by atoms with Crippen LogP contribution in [0.4, 0.5) is 10.5 Å². The number of carbonyl (C=O) groups is 1. The average molecular weight is 364 g/mol. The van der Waals surface area contributed by atoms with Crippen molar-refractivity contribution in [3.63, 3.8) is 0 Å². The number of benzene rings is 2. The van der Waals surface area contributed by atoms with Crippen molar-refractivity contribution in [2.24, 2.45) is 15.0 Å². The molecule has 0 atom stereocenters. The fraction of sp³-hybridized carbons (Fsp3) is 0.0526. The van der Waals surface area contributed by atoms with Crippen LogP contribution < -0.4 is 5.32 Å². The second-order valence-electron chi connectivity index (χ2n) is 5.69. The number of aliphatic imine (C=N–C) groups is 3. The summed E-state index contributed by atoms with van der Waals surface area (Å²) in [4.78, 5) is 27.2. The molecule has 2 amide bonds. The molecule has 2 heterocycles. The van der Waals surface area contributed by atoms with Crippen LogP contribution in [-0.4, -0.2) is 28.9 Å². The van der Waals surface area contributed by atoms with Crippen LogP contribution in [0.2, 0.25) is 5.02 Å². The molecule has 0 spiro atoms. The third-order valence-corrected chi connectivity index (χ3v) is 4.16. The van der Waals surface area contributed by atoms with Crippen molar-refractivity contribution in [2.75, 3.05) is 5.32 Å². The lowest BCUT2D eigenvalue weighted by molar-refractivity contribution is 0.259. The molecule has 0 fully saturated rings. The summed E-state index contributed by atoms with van der Waals surface area (Å²) in [5, 5.41) is 3.32. The fourth-order valence-electron chi connectivity index (χ4n) is 2.69. The van der Waals surface area contributed by atoms with E-state index < -0.39 is 6.03 Å². The summed E-state index contributed by atoms with van der Waals surface area (Å²) in [6, 6.07) is 14.1. The Bertz CT molecular complexity index is 976. The Labute approximate surface area is 155 Å². The van der Waals surface area contributed by atoms with Crippen molar-refractivity contribution in [3.8, 4) is 0 Å². The minimum Gasteiger partial charge on any atom is -0.313 e. The predicted octanol–water partition coefficient (Wildman–Crippen LogP) is 4.09. The molecule has 128 valence electrons. The van der Waals surface area contributed by atoms with Crippen molar-refractivity contribution < 1.29 is 4.79 Å². The Balaban J connectivity index is 1.69. The van der Waals surface area contributed by atoms with Gasteiger partial charge in [0.05, 0.1) is 6.54 Å². The Hall–Kier alpha value is -3.25. The van der Waals surface area contributed by atoms with E-state index in [0.29, 0.717) is 29.0 Å². The van der Waals surface area contributed by atoms with Gasteiger partial charge in [0.2, 0.25) is 5.96 Å². The van der Waals surface area contributed by atoms with Crippen LogP contribution in [0, 0.1) is 0 Å². The lowest BCUT2D eigenvalue weighted by atomic mass is 10.1. The standard InChI is InChI=1S/C19H14ClN5O/c20-14-6-8-15(9-7-14)22-19(26)24-17-16-5-2-1-4-13(16)12-25-11-3-10-21-18(25)23-17/h1-11H,12H2,(H,22,26)/b24-17-. The van der Waals surface area contributed by atoms with Crippen LogP contribution in [0.5, 0.6) is 0 Å². The summed E-state index contributed by atoms with van der Waals surface area (Å²) in [6.07, 6.45) is 5.41. The predicted molar refractivity (Wildman–Crippen MR) is 104 cm³/mol. The third kappa shape index (κ3) is 3.41. The molecule has 2 aromatic carbocycles. The highest BCUT2D eigenvalue weighted by molar-refractivity contribution is 6.30. The summed E-state index contributed by atoms with van der Waals surface area (Å²) in [7, 11) is 0. The number of hydrogen-bond acceptors (Lipinski definition) is 3. The number of allylic oxidation sites excluding steroid dienone is 1. The molecule has 1 N–H and O–H groups in total. The number of carbonyl (C=O) groups excluding carboxylic acids is 1. The molecular formula is C19H14ClN5O. The molecule has 2 aliphatic heterocycles. The lowest BCUT2D eigenvalue weighted by Crippen LogP contribution is -2.25. The second kappa shape index (κ2) is 6.93. The van der Waals surface area contributed by atoms with Gasteiger partial charge in [0.25, 0.3) is 0 Å². The molecule has 0 bridgehead atoms. The number of urea groups is 1. The van der Waals surface area contributed by atoms with Crippen LogP contribution in [0.1, 0.15) is 11.1 Å². The van der Waals surface area contributed by atoms with Crippen molar-refractivity contribution >= 4 is 41.3 Å². The van der Waals surface area contributed by atoms with Crippen molar-refractivity contribution in [3.05, 3.63) is 77.0 Å². The van der Waals surface area contributed by atoms with Crippen molar-refractivity contribution in [1.82, 2.24) is 4.90 Å². The quantitative estimate of drug-likeness (QED) is 0.829. The van der Waals surface area contributed by atoms with Gasteiger partial charge in [0.15, 0.2) is 5.84 Å². The molecule has 26 heavy (non-hydrogen) atoms. The minimum atomic E-state index is -0.509. The lowest BCUT2D eigenvalue weighted by Gasteiger charge is -2.19. The third-order valence-electron chi connectivity index (χ3n) is 3.91. The zero-order valence-corrected chi connectivity index (χ0v) is 14.4. The van der Waals surface area contributed by atoms with E-state index in [1.165, 1.54) is 0 Å². The number of nitrogens with one attached hydrogen (secondary N) is 1. The molecule has 6 nitrogen and oxygen atoms in total. The van der Waals surface area contributed by atoms with Gasteiger partial charge in [-0.15, -0.1) is 0 Å². The highest BCUT2D eigenvalue weighted by atomic mass is 35.5. The SMILES string of the molecule is O=C(/N=C1\N=C2N=CC=CN2Cc2ccccc21)Nc1ccc(Cl)cc1. The van der Waals surface area contributed by atoms with Crippen LogP contribution >= 0.6 is 11.6 Å². The van der Waals surface area contributed by atoms with Crippen LogP contribution in [0.15, 0.2) is 75.8 Å². The Morgan fingerprint density at radius 2 is 1.96 bits per heavy atom. The van der Waals surface area contributed by atoms with Gasteiger partial charge < -0.3 is 10.2 Å². The van der Waals surface area contributed by atoms with E-state index in [4.69, 9.17) is 11.6 Å². The zero-order valence-electron chi connectivity index (χ0n) is 13.6. The number of amidine groups is 1. The number of hydrogen-bond donors (Lipinski definition) is 1. The smallest absolute Gasteiger partial charge is 0.313 e. The molecule has 0 aromatic heterocycles. The van der Waals surface area contributed by atoms with Gasteiger partial charge >= 0.3 is 6.03 Å². The number of rotatable bonds is 1. The Morgan fingerprint density at radius 3 is 2.81 bits per heavy atom. The molecule has 0 aliphatic carbocycles. The second-order valence-corrected chi connectivity index (χ2v) is 6.13. The first kappa shape index (κ1) is 16.2. The monoisotopic (exact) mass is 363 g/mol. The van der Waals surface area contributed by atoms with E-state index in [1.54, 1.807) is 30.5 Å². The summed E-state index contributed by atoms with van der Waals surface area (Å²) < 4.78 is 0. The number of anilines is 1. The number of fused-ring (bicyclic) bond motifs is 2. The first-order valence-electron chi connectivity index (χ1n) is 7.99. The normalized spacial score (nSPS) is 16.6. The van der Waals surface area contributed by atoms with Crippen molar-refractivity contribution in [1.29, 1.82) is 0 Å². The molecule has 4 rings (SSSR count). The fourth-order valence-corrected chi connectivity index (χ4v) is 2.82. The maximum Gasteiger partial charge on any atom is 0.347 e. The van der Waals surface area contributed by atoms with Gasteiger partial charge in [-0.3, -0.25) is 0 Å². The molecule has 2 aliphatic rings. The van der Waals surface area contributed by atoms with Gasteiger partial charge in [0, 0.05) is 28.7 Å². The van der Waals surface area contributed by atoms with E-state index in [-0.39, 0.29) is 0 Å². The summed E-state index contributed by atoms with van der Waals surface area (Å²) in [6.45, 7) is 0.612. The summed E-state index contributed by atoms with van der Waals surface area (Å²) in [5.41, 5.74) is 2.44. The van der Waals surface area contributed by atoms with Gasteiger partial charge in [-0.2, -0.15) is 9.98 Å². The van der Waals surface area contributed by atoms with E-state index in [0.717, 1.165) is 11.1 Å².